The standard InChI is InChI=1S/C14H27N3/c1-3-5-6-7-8-9-10-17-13-16-12-14(17)11-15-4-2/h12-13,15H,3-11H2,1-2H3. The molecule has 0 atom stereocenters. The number of unbranched alkanes of at least 4 members (excludes halogenated alkanes) is 5. The van der Waals surface area contributed by atoms with E-state index in [1.807, 2.05) is 12.5 Å². The summed E-state index contributed by atoms with van der Waals surface area (Å²) in [7, 11) is 0. The third kappa shape index (κ3) is 5.87. The Morgan fingerprint density at radius 2 is 1.88 bits per heavy atom. The van der Waals surface area contributed by atoms with Gasteiger partial charge in [-0.25, -0.2) is 4.98 Å². The Kier molecular flexibility index (Phi) is 7.72. The summed E-state index contributed by atoms with van der Waals surface area (Å²) in [5, 5.41) is 3.35. The van der Waals surface area contributed by atoms with Gasteiger partial charge in [0, 0.05) is 19.3 Å². The highest BCUT2D eigenvalue weighted by Crippen LogP contribution is 2.07. The Hall–Kier alpha value is -0.830. The summed E-state index contributed by atoms with van der Waals surface area (Å²) in [6.07, 6.45) is 12.0. The van der Waals surface area contributed by atoms with Crippen molar-refractivity contribution in [2.75, 3.05) is 6.54 Å². The van der Waals surface area contributed by atoms with Gasteiger partial charge in [0.25, 0.3) is 0 Å². The molecule has 0 unspecified atom stereocenters. The molecule has 17 heavy (non-hydrogen) atoms. The number of imidazole rings is 1. The molecular formula is C14H27N3. The topological polar surface area (TPSA) is 29.9 Å². The van der Waals surface area contributed by atoms with E-state index in [-0.39, 0.29) is 0 Å². The minimum absolute atomic E-state index is 0.937. The van der Waals surface area contributed by atoms with Gasteiger partial charge in [-0.15, -0.1) is 0 Å². The van der Waals surface area contributed by atoms with Crippen LogP contribution in [-0.4, -0.2) is 16.1 Å². The average Bonchev–Trinajstić information content (AvgIpc) is 2.78. The molecule has 3 heteroatoms. The minimum atomic E-state index is 0.937. The van der Waals surface area contributed by atoms with E-state index in [1.165, 1.54) is 44.2 Å². The van der Waals surface area contributed by atoms with Crippen LogP contribution in [0.4, 0.5) is 0 Å². The van der Waals surface area contributed by atoms with Gasteiger partial charge in [-0.2, -0.15) is 0 Å². The summed E-state index contributed by atoms with van der Waals surface area (Å²) < 4.78 is 2.28. The average molecular weight is 237 g/mol. The first-order valence-electron chi connectivity index (χ1n) is 7.08. The molecule has 0 spiro atoms. The molecule has 3 nitrogen and oxygen atoms in total. The zero-order valence-electron chi connectivity index (χ0n) is 11.4. The Morgan fingerprint density at radius 1 is 1.12 bits per heavy atom. The molecule has 0 bridgehead atoms. The lowest BCUT2D eigenvalue weighted by atomic mass is 10.1. The summed E-state index contributed by atoms with van der Waals surface area (Å²) in [6.45, 7) is 7.47. The van der Waals surface area contributed by atoms with Gasteiger partial charge in [0.2, 0.25) is 0 Å². The lowest BCUT2D eigenvalue weighted by Gasteiger charge is -2.08. The number of rotatable bonds is 10. The first-order chi connectivity index (χ1) is 8.38. The van der Waals surface area contributed by atoms with Crippen LogP contribution < -0.4 is 5.32 Å². The summed E-state index contributed by atoms with van der Waals surface area (Å²) in [5.74, 6) is 0. The van der Waals surface area contributed by atoms with Crippen LogP contribution in [0.25, 0.3) is 0 Å². The van der Waals surface area contributed by atoms with Crippen LogP contribution in [0.3, 0.4) is 0 Å². The lowest BCUT2D eigenvalue weighted by Crippen LogP contribution is -2.15. The Morgan fingerprint density at radius 3 is 2.65 bits per heavy atom. The van der Waals surface area contributed by atoms with Crippen molar-refractivity contribution in [3.63, 3.8) is 0 Å². The van der Waals surface area contributed by atoms with Crippen molar-refractivity contribution < 1.29 is 0 Å². The lowest BCUT2D eigenvalue weighted by molar-refractivity contribution is 0.540. The van der Waals surface area contributed by atoms with Gasteiger partial charge in [-0.3, -0.25) is 0 Å². The third-order valence-corrected chi connectivity index (χ3v) is 3.11. The number of aromatic nitrogens is 2. The molecule has 0 fully saturated rings. The summed E-state index contributed by atoms with van der Waals surface area (Å²) in [5.41, 5.74) is 1.31. The number of hydrogen-bond acceptors (Lipinski definition) is 2. The molecule has 1 aromatic rings. The Labute approximate surface area is 106 Å². The van der Waals surface area contributed by atoms with Gasteiger partial charge in [0.1, 0.15) is 0 Å². The van der Waals surface area contributed by atoms with Gasteiger partial charge in [-0.1, -0.05) is 46.0 Å². The molecular weight excluding hydrogens is 210 g/mol. The first-order valence-corrected chi connectivity index (χ1v) is 7.08. The fourth-order valence-corrected chi connectivity index (χ4v) is 2.01. The van der Waals surface area contributed by atoms with Gasteiger partial charge < -0.3 is 9.88 Å². The van der Waals surface area contributed by atoms with Crippen LogP contribution in [-0.2, 0) is 13.1 Å². The van der Waals surface area contributed by atoms with E-state index in [9.17, 15) is 0 Å². The normalized spacial score (nSPS) is 10.9. The quantitative estimate of drug-likeness (QED) is 0.632. The fraction of sp³-hybridized carbons (Fsp3) is 0.786. The number of nitrogens with one attached hydrogen (secondary N) is 1. The number of nitrogens with zero attached hydrogens (tertiary/aromatic N) is 2. The van der Waals surface area contributed by atoms with Crippen LogP contribution in [0, 0.1) is 0 Å². The highest BCUT2D eigenvalue weighted by Gasteiger charge is 2.00. The maximum atomic E-state index is 4.23. The summed E-state index contributed by atoms with van der Waals surface area (Å²) in [6, 6.07) is 0. The molecule has 0 amide bonds. The van der Waals surface area contributed by atoms with Crippen molar-refractivity contribution in [1.29, 1.82) is 0 Å². The predicted octanol–water partition coefficient (Wildman–Crippen LogP) is 3.35. The molecule has 0 aliphatic carbocycles. The highest BCUT2D eigenvalue weighted by molar-refractivity contribution is 4.97. The van der Waals surface area contributed by atoms with E-state index >= 15 is 0 Å². The van der Waals surface area contributed by atoms with Crippen molar-refractivity contribution in [2.45, 2.75) is 65.5 Å². The van der Waals surface area contributed by atoms with Crippen molar-refractivity contribution in [3.05, 3.63) is 18.2 Å². The van der Waals surface area contributed by atoms with Gasteiger partial charge in [0.05, 0.1) is 12.0 Å². The van der Waals surface area contributed by atoms with Crippen molar-refractivity contribution in [3.8, 4) is 0 Å². The highest BCUT2D eigenvalue weighted by atomic mass is 15.1. The molecule has 0 aliphatic heterocycles. The number of aryl methyl sites for hydroxylation is 1. The van der Waals surface area contributed by atoms with Crippen molar-refractivity contribution in [1.82, 2.24) is 14.9 Å². The second kappa shape index (κ2) is 9.23. The molecule has 1 heterocycles. The predicted molar refractivity (Wildman–Crippen MR) is 73.0 cm³/mol. The van der Waals surface area contributed by atoms with Crippen molar-refractivity contribution >= 4 is 0 Å². The van der Waals surface area contributed by atoms with E-state index in [2.05, 4.69) is 28.7 Å². The smallest absolute Gasteiger partial charge is 0.0948 e. The maximum absolute atomic E-state index is 4.23. The molecule has 0 radical (unpaired) electrons. The second-order valence-corrected chi connectivity index (χ2v) is 4.63. The maximum Gasteiger partial charge on any atom is 0.0948 e. The molecule has 1 N–H and O–H groups in total. The fourth-order valence-electron chi connectivity index (χ4n) is 2.01. The van der Waals surface area contributed by atoms with E-state index in [4.69, 9.17) is 0 Å². The first kappa shape index (κ1) is 14.2. The summed E-state index contributed by atoms with van der Waals surface area (Å²) in [4.78, 5) is 4.23. The van der Waals surface area contributed by atoms with Crippen LogP contribution in [0.1, 0.15) is 58.1 Å². The van der Waals surface area contributed by atoms with E-state index in [1.54, 1.807) is 0 Å². The van der Waals surface area contributed by atoms with E-state index in [0.29, 0.717) is 0 Å². The van der Waals surface area contributed by atoms with Crippen molar-refractivity contribution in [2.24, 2.45) is 0 Å². The van der Waals surface area contributed by atoms with Crippen LogP contribution in [0.2, 0.25) is 0 Å². The van der Waals surface area contributed by atoms with Crippen LogP contribution in [0.15, 0.2) is 12.5 Å². The van der Waals surface area contributed by atoms with Gasteiger partial charge in [0.15, 0.2) is 0 Å². The van der Waals surface area contributed by atoms with E-state index in [0.717, 1.165) is 19.6 Å². The monoisotopic (exact) mass is 237 g/mol. The third-order valence-electron chi connectivity index (χ3n) is 3.11. The zero-order chi connectivity index (χ0) is 12.3. The largest absolute Gasteiger partial charge is 0.333 e. The van der Waals surface area contributed by atoms with Crippen LogP contribution in [0.5, 0.6) is 0 Å². The molecule has 98 valence electrons. The molecule has 0 aliphatic rings. The Bertz CT molecular complexity index is 281. The molecule has 1 aromatic heterocycles. The second-order valence-electron chi connectivity index (χ2n) is 4.63. The van der Waals surface area contributed by atoms with Gasteiger partial charge >= 0.3 is 0 Å². The minimum Gasteiger partial charge on any atom is -0.333 e. The van der Waals surface area contributed by atoms with E-state index < -0.39 is 0 Å². The SMILES string of the molecule is CCCCCCCCn1cncc1CNCC. The summed E-state index contributed by atoms with van der Waals surface area (Å²) >= 11 is 0. The Balaban J connectivity index is 2.15. The molecule has 0 saturated heterocycles. The zero-order valence-corrected chi connectivity index (χ0v) is 11.4. The molecule has 0 aromatic carbocycles. The van der Waals surface area contributed by atoms with Crippen LogP contribution >= 0.6 is 0 Å². The molecule has 1 rings (SSSR count). The van der Waals surface area contributed by atoms with Gasteiger partial charge in [-0.05, 0) is 13.0 Å². The molecule has 0 saturated carbocycles. The number of hydrogen-bond donors (Lipinski definition) is 1.